The van der Waals surface area contributed by atoms with Crippen LogP contribution in [0.4, 0.5) is 14.4 Å². The first kappa shape index (κ1) is 73.5. The second-order valence-corrected chi connectivity index (χ2v) is 21.8. The summed E-state index contributed by atoms with van der Waals surface area (Å²) in [5, 5.41) is 14.7. The predicted molar refractivity (Wildman–Crippen MR) is 313 cm³/mol. The number of H-pyrrole nitrogens is 1. The number of hydrogen-bond acceptors (Lipinski definition) is 24. The quantitative estimate of drug-likeness (QED) is 0.0176. The lowest BCUT2D eigenvalue weighted by atomic mass is 9.92. The number of hydrogen-bond donors (Lipinski definition) is 4. The molecule has 2 aromatic rings. The summed E-state index contributed by atoms with van der Waals surface area (Å²) >= 11 is 7.75. The summed E-state index contributed by atoms with van der Waals surface area (Å²) in [5.41, 5.74) is -5.03. The molecular weight excluding hydrogens is 1180 g/mol. The molecule has 3 amide bonds. The van der Waals surface area contributed by atoms with Gasteiger partial charge in [0.2, 0.25) is 0 Å². The standard InChI is InChI=1S/C54H78N8O20S3/c1-7-40(63)76-33-53(32-74-6,34-77-41(64)8-2)38-81-46(69)56-25-19-13-16-22-28-61-50(71)60(27-21-15-12-18-24-55-45(68)75-30-31-84-49-59-58-48(83)85-49)51(72)62(52(61)73)29-23-17-14-20-26-57-47(70)82-39-54(35-78-42(65)9-3,36-79-43(66)10-4)37-80-44(67)11-5/h7-11H,1-5,12-39H2,6H3,(H,55,68)(H,56,69)(H,57,70)(H,58,83). The Morgan fingerprint density at radius 2 is 0.800 bits per heavy atom. The number of aromatic nitrogens is 5. The third kappa shape index (κ3) is 30.1. The van der Waals surface area contributed by atoms with Crippen molar-refractivity contribution in [1.82, 2.24) is 39.8 Å². The van der Waals surface area contributed by atoms with E-state index in [0.29, 0.717) is 93.3 Å². The van der Waals surface area contributed by atoms with Crippen molar-refractivity contribution in [2.45, 2.75) is 101 Å². The van der Waals surface area contributed by atoms with E-state index in [-0.39, 0.29) is 65.8 Å². The van der Waals surface area contributed by atoms with Crippen molar-refractivity contribution in [3.63, 3.8) is 0 Å². The van der Waals surface area contributed by atoms with Gasteiger partial charge in [-0.25, -0.2) is 66.4 Å². The molecule has 0 saturated heterocycles. The Labute approximate surface area is 504 Å². The molecule has 0 aromatic carbocycles. The molecule has 0 saturated carbocycles. The summed E-state index contributed by atoms with van der Waals surface area (Å²) in [6.07, 6.45) is 8.44. The van der Waals surface area contributed by atoms with E-state index in [4.69, 9.17) is 54.8 Å². The Bertz CT molecular complexity index is 2710. The van der Waals surface area contributed by atoms with Gasteiger partial charge in [-0.1, -0.05) is 94.5 Å². The summed E-state index contributed by atoms with van der Waals surface area (Å²) < 4.78 is 51.4. The first-order valence-corrected chi connectivity index (χ1v) is 29.3. The fourth-order valence-corrected chi connectivity index (χ4v) is 9.40. The van der Waals surface area contributed by atoms with Gasteiger partial charge in [-0.2, -0.15) is 5.10 Å². The Balaban J connectivity index is 2.05. The molecule has 0 atom stereocenters. The predicted octanol–water partition coefficient (Wildman–Crippen LogP) is 4.60. The van der Waals surface area contributed by atoms with Crippen LogP contribution in [0.25, 0.3) is 0 Å². The maximum atomic E-state index is 13.8. The number of nitrogens with one attached hydrogen (secondary N) is 4. The lowest BCUT2D eigenvalue weighted by Crippen LogP contribution is -2.54. The van der Waals surface area contributed by atoms with Crippen LogP contribution in [0.5, 0.6) is 0 Å². The Morgan fingerprint density at radius 3 is 1.11 bits per heavy atom. The Morgan fingerprint density at radius 1 is 0.494 bits per heavy atom. The molecule has 0 aliphatic heterocycles. The van der Waals surface area contributed by atoms with Gasteiger partial charge in [-0.15, -0.1) is 0 Å². The number of esters is 5. The summed E-state index contributed by atoms with van der Waals surface area (Å²) in [6.45, 7) is 14.5. The number of ether oxygens (including phenoxy) is 9. The van der Waals surface area contributed by atoms with Crippen LogP contribution in [0.3, 0.4) is 0 Å². The smallest absolute Gasteiger partial charge is 0.407 e. The molecule has 0 aliphatic rings. The second kappa shape index (κ2) is 42.2. The highest BCUT2D eigenvalue weighted by Gasteiger charge is 2.38. The van der Waals surface area contributed by atoms with Crippen molar-refractivity contribution in [2.24, 2.45) is 10.8 Å². The Hall–Kier alpha value is -7.64. The number of rotatable bonds is 46. The van der Waals surface area contributed by atoms with Crippen molar-refractivity contribution in [3.8, 4) is 0 Å². The molecule has 85 heavy (non-hydrogen) atoms. The minimum absolute atomic E-state index is 0.00408. The third-order valence-corrected chi connectivity index (χ3v) is 14.2. The van der Waals surface area contributed by atoms with Gasteiger partial charge < -0.3 is 58.6 Å². The first-order chi connectivity index (χ1) is 40.8. The van der Waals surface area contributed by atoms with E-state index in [2.05, 4.69) is 59.0 Å². The SMILES string of the molecule is C=CC(=O)OCC(COC)(COC(=O)C=C)COC(=O)NCCCCCCn1c(=O)n(CCCCCCNC(=O)OCCSc2n[nH]c(=S)s2)c(=O)n(CCCCCCNC(=O)OCC(COC(=O)C=C)(COC(=O)C=C)COC(=O)C=C)c1=O. The maximum Gasteiger partial charge on any atom is 0.407 e. The highest BCUT2D eigenvalue weighted by Crippen LogP contribution is 2.23. The van der Waals surface area contributed by atoms with Gasteiger partial charge in [-0.05, 0) is 50.7 Å². The van der Waals surface area contributed by atoms with Crippen LogP contribution >= 0.6 is 35.3 Å². The molecule has 0 radical (unpaired) electrons. The average molecular weight is 1260 g/mol. The molecule has 2 rings (SSSR count). The van der Waals surface area contributed by atoms with Gasteiger partial charge in [0.1, 0.15) is 58.3 Å². The zero-order chi connectivity index (χ0) is 62.9. The number of nitrogens with zero attached hydrogens (tertiary/aromatic N) is 4. The monoisotopic (exact) mass is 1250 g/mol. The lowest BCUT2D eigenvalue weighted by Gasteiger charge is -2.31. The fraction of sp³-hybridized carbons (Fsp3) is 0.574. The number of carbonyl (C=O) groups is 8. The Kier molecular flexibility index (Phi) is 36.5. The molecule has 31 heteroatoms. The van der Waals surface area contributed by atoms with Gasteiger partial charge in [0, 0.05) is 82.5 Å². The van der Waals surface area contributed by atoms with Crippen molar-refractivity contribution in [3.05, 3.63) is 98.7 Å². The van der Waals surface area contributed by atoms with Crippen molar-refractivity contribution in [2.75, 3.05) is 92.0 Å². The van der Waals surface area contributed by atoms with Crippen LogP contribution < -0.4 is 33.0 Å². The van der Waals surface area contributed by atoms with Gasteiger partial charge in [0.15, 0.2) is 8.29 Å². The van der Waals surface area contributed by atoms with E-state index in [0.717, 1.165) is 48.4 Å². The van der Waals surface area contributed by atoms with E-state index in [1.807, 2.05) is 0 Å². The largest absolute Gasteiger partial charge is 0.462 e. The van der Waals surface area contributed by atoms with Gasteiger partial charge in [0.05, 0.1) is 12.0 Å². The van der Waals surface area contributed by atoms with E-state index in [1.54, 1.807) is 0 Å². The molecule has 0 fully saturated rings. The number of methoxy groups -OCH3 is 1. The van der Waals surface area contributed by atoms with E-state index >= 15 is 0 Å². The van der Waals surface area contributed by atoms with Gasteiger partial charge in [0.25, 0.3) is 0 Å². The summed E-state index contributed by atoms with van der Waals surface area (Å²) in [5.74, 6) is -3.52. The molecule has 0 bridgehead atoms. The van der Waals surface area contributed by atoms with E-state index < -0.39 is 102 Å². The van der Waals surface area contributed by atoms with Crippen LogP contribution in [-0.2, 0) is 86.2 Å². The van der Waals surface area contributed by atoms with Crippen LogP contribution in [0, 0.1) is 14.8 Å². The zero-order valence-corrected chi connectivity index (χ0v) is 50.3. The van der Waals surface area contributed by atoms with Crippen LogP contribution in [0.2, 0.25) is 0 Å². The molecule has 0 unspecified atom stereocenters. The summed E-state index contributed by atoms with van der Waals surface area (Å²) in [7, 11) is 1.37. The number of aromatic amines is 1. The second-order valence-electron chi connectivity index (χ2n) is 18.8. The summed E-state index contributed by atoms with van der Waals surface area (Å²) in [4.78, 5) is 138. The molecule has 0 spiro atoms. The number of amides is 3. The minimum atomic E-state index is -1.52. The number of carbonyl (C=O) groups excluding carboxylic acids is 8. The minimum Gasteiger partial charge on any atom is -0.462 e. The number of thioether (sulfide) groups is 1. The van der Waals surface area contributed by atoms with Crippen molar-refractivity contribution >= 4 is 83.4 Å². The zero-order valence-electron chi connectivity index (χ0n) is 47.9. The topological polar surface area (TPSA) is 350 Å². The molecule has 2 heterocycles. The fourth-order valence-electron chi connectivity index (χ4n) is 7.43. The van der Waals surface area contributed by atoms with E-state index in [1.165, 1.54) is 30.2 Å². The third-order valence-electron chi connectivity index (χ3n) is 12.0. The summed E-state index contributed by atoms with van der Waals surface area (Å²) in [6, 6.07) is 0. The number of unbranched alkanes of at least 4 members (excludes halogenated alkanes) is 9. The highest BCUT2D eigenvalue weighted by atomic mass is 32.2. The highest BCUT2D eigenvalue weighted by molar-refractivity contribution is 8.01. The van der Waals surface area contributed by atoms with Gasteiger partial charge in [-0.3, -0.25) is 5.10 Å². The maximum absolute atomic E-state index is 13.8. The van der Waals surface area contributed by atoms with Crippen molar-refractivity contribution in [1.29, 1.82) is 0 Å². The van der Waals surface area contributed by atoms with Gasteiger partial charge >= 0.3 is 65.2 Å². The normalized spacial score (nSPS) is 11.0. The molecule has 4 N–H and O–H groups in total. The van der Waals surface area contributed by atoms with Crippen LogP contribution in [0.15, 0.2) is 82.0 Å². The van der Waals surface area contributed by atoms with Crippen molar-refractivity contribution < 1.29 is 81.0 Å². The van der Waals surface area contributed by atoms with E-state index in [9.17, 15) is 52.7 Å². The van der Waals surface area contributed by atoms with Crippen LogP contribution in [-0.4, -0.2) is 164 Å². The number of alkyl carbamates (subject to hydrolysis) is 3. The lowest BCUT2D eigenvalue weighted by molar-refractivity contribution is -0.159. The molecule has 28 nitrogen and oxygen atoms in total. The molecule has 2 aromatic heterocycles. The average Bonchev–Trinajstić information content (AvgIpc) is 4.11. The molecule has 472 valence electrons. The van der Waals surface area contributed by atoms with Crippen LogP contribution in [0.1, 0.15) is 77.0 Å². The first-order valence-electron chi connectivity index (χ1n) is 27.1. The molecule has 0 aliphatic carbocycles. The molecular formula is C54H78N8O20S3.